The summed E-state index contributed by atoms with van der Waals surface area (Å²) in [5.41, 5.74) is 11.2. The number of fused-ring (bicyclic) bond motifs is 1. The fourth-order valence-electron chi connectivity index (χ4n) is 3.15. The Balaban J connectivity index is 1.77. The Morgan fingerprint density at radius 1 is 1.21 bits per heavy atom. The van der Waals surface area contributed by atoms with E-state index in [9.17, 15) is 5.11 Å². The number of para-hydroxylation sites is 1. The standard InChI is InChI=1S/C20H25N3O/c1-13-11-15(21)7-8-18(13)22-10-9-14-12-23-19-16(14)5-4-6-17(19)20(2,3)24/h4-8,11-12,22-24H,9-10,21H2,1-3H3. The number of nitrogen functional groups attached to an aromatic ring is 1. The topological polar surface area (TPSA) is 74.1 Å². The van der Waals surface area contributed by atoms with Crippen molar-refractivity contribution in [1.29, 1.82) is 0 Å². The molecule has 5 N–H and O–H groups in total. The maximum atomic E-state index is 10.3. The van der Waals surface area contributed by atoms with E-state index in [1.807, 2.05) is 50.4 Å². The number of nitrogens with one attached hydrogen (secondary N) is 2. The normalized spacial score (nSPS) is 11.8. The molecule has 3 aromatic rings. The van der Waals surface area contributed by atoms with Gasteiger partial charge < -0.3 is 21.1 Å². The van der Waals surface area contributed by atoms with Gasteiger partial charge in [-0.25, -0.2) is 0 Å². The van der Waals surface area contributed by atoms with Crippen molar-refractivity contribution in [3.63, 3.8) is 0 Å². The Morgan fingerprint density at radius 3 is 2.71 bits per heavy atom. The fraction of sp³-hybridized carbons (Fsp3) is 0.300. The summed E-state index contributed by atoms with van der Waals surface area (Å²) in [5, 5.41) is 15.0. The number of anilines is 2. The summed E-state index contributed by atoms with van der Waals surface area (Å²) in [6, 6.07) is 12.0. The molecule has 1 heterocycles. The molecular weight excluding hydrogens is 298 g/mol. The molecule has 0 saturated carbocycles. The van der Waals surface area contributed by atoms with Gasteiger partial charge in [0.15, 0.2) is 0 Å². The molecule has 24 heavy (non-hydrogen) atoms. The second-order valence-corrected chi connectivity index (χ2v) is 6.85. The average Bonchev–Trinajstić information content (AvgIpc) is 2.91. The quantitative estimate of drug-likeness (QED) is 0.537. The zero-order valence-electron chi connectivity index (χ0n) is 14.5. The summed E-state index contributed by atoms with van der Waals surface area (Å²) < 4.78 is 0. The molecule has 0 saturated heterocycles. The van der Waals surface area contributed by atoms with Crippen molar-refractivity contribution in [2.45, 2.75) is 32.8 Å². The summed E-state index contributed by atoms with van der Waals surface area (Å²) in [5.74, 6) is 0. The lowest BCUT2D eigenvalue weighted by Gasteiger charge is -2.18. The fourth-order valence-corrected chi connectivity index (χ4v) is 3.15. The molecule has 0 fully saturated rings. The summed E-state index contributed by atoms with van der Waals surface area (Å²) >= 11 is 0. The van der Waals surface area contributed by atoms with Crippen LogP contribution in [-0.2, 0) is 12.0 Å². The molecule has 0 amide bonds. The summed E-state index contributed by atoms with van der Waals surface area (Å²) in [4.78, 5) is 3.33. The van der Waals surface area contributed by atoms with Gasteiger partial charge in [-0.05, 0) is 56.5 Å². The lowest BCUT2D eigenvalue weighted by atomic mass is 9.95. The number of aromatic nitrogens is 1. The number of hydrogen-bond donors (Lipinski definition) is 4. The molecule has 3 rings (SSSR count). The van der Waals surface area contributed by atoms with E-state index in [-0.39, 0.29) is 0 Å². The van der Waals surface area contributed by atoms with E-state index >= 15 is 0 Å². The van der Waals surface area contributed by atoms with Crippen LogP contribution in [0, 0.1) is 6.92 Å². The number of benzene rings is 2. The third-order valence-electron chi connectivity index (χ3n) is 4.42. The minimum Gasteiger partial charge on any atom is -0.399 e. The first kappa shape index (κ1) is 16.4. The summed E-state index contributed by atoms with van der Waals surface area (Å²) in [6.07, 6.45) is 2.94. The van der Waals surface area contributed by atoms with Gasteiger partial charge in [-0.2, -0.15) is 0 Å². The first-order valence-corrected chi connectivity index (χ1v) is 8.28. The highest BCUT2D eigenvalue weighted by molar-refractivity contribution is 5.86. The van der Waals surface area contributed by atoms with Crippen LogP contribution in [-0.4, -0.2) is 16.6 Å². The van der Waals surface area contributed by atoms with Crippen LogP contribution in [0.25, 0.3) is 10.9 Å². The monoisotopic (exact) mass is 323 g/mol. The van der Waals surface area contributed by atoms with E-state index in [1.165, 1.54) is 10.9 Å². The molecule has 126 valence electrons. The number of aliphatic hydroxyl groups is 1. The molecule has 2 aromatic carbocycles. The predicted octanol–water partition coefficient (Wildman–Crippen LogP) is 3.94. The van der Waals surface area contributed by atoms with Gasteiger partial charge in [-0.15, -0.1) is 0 Å². The van der Waals surface area contributed by atoms with Crippen LogP contribution in [0.4, 0.5) is 11.4 Å². The second kappa shape index (κ2) is 6.21. The highest BCUT2D eigenvalue weighted by Gasteiger charge is 2.20. The molecular formula is C20H25N3O. The van der Waals surface area contributed by atoms with Crippen molar-refractivity contribution in [1.82, 2.24) is 4.98 Å². The van der Waals surface area contributed by atoms with Gasteiger partial charge in [0.2, 0.25) is 0 Å². The summed E-state index contributed by atoms with van der Waals surface area (Å²) in [7, 11) is 0. The molecule has 0 radical (unpaired) electrons. The lowest BCUT2D eigenvalue weighted by molar-refractivity contribution is 0.0800. The lowest BCUT2D eigenvalue weighted by Crippen LogP contribution is -2.15. The van der Waals surface area contributed by atoms with Gasteiger partial charge in [-0.1, -0.05) is 18.2 Å². The molecule has 0 bridgehead atoms. The minimum absolute atomic E-state index is 0.786. The van der Waals surface area contributed by atoms with Crippen LogP contribution < -0.4 is 11.1 Å². The van der Waals surface area contributed by atoms with E-state index in [2.05, 4.69) is 23.3 Å². The highest BCUT2D eigenvalue weighted by atomic mass is 16.3. The Morgan fingerprint density at radius 2 is 2.00 bits per heavy atom. The first-order valence-electron chi connectivity index (χ1n) is 8.28. The molecule has 0 atom stereocenters. The maximum absolute atomic E-state index is 10.3. The Bertz CT molecular complexity index is 859. The van der Waals surface area contributed by atoms with Crippen LogP contribution in [0.3, 0.4) is 0 Å². The number of hydrogen-bond acceptors (Lipinski definition) is 3. The largest absolute Gasteiger partial charge is 0.399 e. The van der Waals surface area contributed by atoms with Crippen LogP contribution in [0.2, 0.25) is 0 Å². The molecule has 4 nitrogen and oxygen atoms in total. The van der Waals surface area contributed by atoms with E-state index in [1.54, 1.807) is 0 Å². The van der Waals surface area contributed by atoms with Crippen molar-refractivity contribution in [3.05, 3.63) is 59.3 Å². The zero-order chi connectivity index (χ0) is 17.3. The van der Waals surface area contributed by atoms with Crippen molar-refractivity contribution in [2.75, 3.05) is 17.6 Å². The van der Waals surface area contributed by atoms with Crippen molar-refractivity contribution >= 4 is 22.3 Å². The van der Waals surface area contributed by atoms with Gasteiger partial charge >= 0.3 is 0 Å². The third-order valence-corrected chi connectivity index (χ3v) is 4.42. The Labute approximate surface area is 142 Å². The number of nitrogens with two attached hydrogens (primary N) is 1. The minimum atomic E-state index is -0.860. The van der Waals surface area contributed by atoms with Crippen LogP contribution in [0.1, 0.15) is 30.5 Å². The summed E-state index contributed by atoms with van der Waals surface area (Å²) in [6.45, 7) is 6.52. The highest BCUT2D eigenvalue weighted by Crippen LogP contribution is 2.29. The van der Waals surface area contributed by atoms with Gasteiger partial charge in [-0.3, -0.25) is 0 Å². The predicted molar refractivity (Wildman–Crippen MR) is 101 cm³/mol. The molecule has 0 unspecified atom stereocenters. The average molecular weight is 323 g/mol. The van der Waals surface area contributed by atoms with Gasteiger partial charge in [0.1, 0.15) is 0 Å². The van der Waals surface area contributed by atoms with Crippen molar-refractivity contribution < 1.29 is 5.11 Å². The Kier molecular flexibility index (Phi) is 4.24. The zero-order valence-corrected chi connectivity index (χ0v) is 14.5. The van der Waals surface area contributed by atoms with Crippen molar-refractivity contribution in [3.8, 4) is 0 Å². The molecule has 4 heteroatoms. The number of rotatable bonds is 5. The van der Waals surface area contributed by atoms with E-state index in [0.29, 0.717) is 0 Å². The van der Waals surface area contributed by atoms with E-state index in [0.717, 1.165) is 41.0 Å². The Hall–Kier alpha value is -2.46. The number of aromatic amines is 1. The number of H-pyrrole nitrogens is 1. The van der Waals surface area contributed by atoms with Crippen LogP contribution in [0.5, 0.6) is 0 Å². The van der Waals surface area contributed by atoms with Crippen LogP contribution in [0.15, 0.2) is 42.6 Å². The maximum Gasteiger partial charge on any atom is 0.0860 e. The number of aryl methyl sites for hydroxylation is 1. The van der Waals surface area contributed by atoms with Crippen LogP contribution >= 0.6 is 0 Å². The van der Waals surface area contributed by atoms with Gasteiger partial charge in [0, 0.05) is 35.1 Å². The molecule has 0 aliphatic heterocycles. The second-order valence-electron chi connectivity index (χ2n) is 6.85. The molecule has 0 spiro atoms. The van der Waals surface area contributed by atoms with E-state index in [4.69, 9.17) is 5.73 Å². The van der Waals surface area contributed by atoms with Gasteiger partial charge in [0.05, 0.1) is 11.1 Å². The third kappa shape index (κ3) is 3.24. The SMILES string of the molecule is Cc1cc(N)ccc1NCCc1c[nH]c2c(C(C)(C)O)cccc12. The molecule has 0 aliphatic carbocycles. The van der Waals surface area contributed by atoms with Crippen molar-refractivity contribution in [2.24, 2.45) is 0 Å². The van der Waals surface area contributed by atoms with Gasteiger partial charge in [0.25, 0.3) is 0 Å². The molecule has 0 aliphatic rings. The first-order chi connectivity index (χ1) is 11.4. The molecule has 1 aromatic heterocycles. The van der Waals surface area contributed by atoms with E-state index < -0.39 is 5.60 Å². The smallest absolute Gasteiger partial charge is 0.0860 e.